The molecule has 5 heteroatoms. The second-order valence-corrected chi connectivity index (χ2v) is 6.71. The standard InChI is InChI=1S/C19H36O5/c1-3-4-8-13-23-17-11-10-16(15-18(17)22-2)19(21)24-14-9-6-5-7-12-20/h16-18,20H,3-15H2,1-2H3. The second-order valence-electron chi connectivity index (χ2n) is 6.71. The van der Waals surface area contributed by atoms with Crippen molar-refractivity contribution in [3.8, 4) is 0 Å². The average Bonchev–Trinajstić information content (AvgIpc) is 2.61. The minimum absolute atomic E-state index is 0.0116. The molecule has 0 saturated heterocycles. The Morgan fingerprint density at radius 3 is 2.46 bits per heavy atom. The molecule has 0 heterocycles. The minimum Gasteiger partial charge on any atom is -0.465 e. The molecule has 0 aromatic rings. The summed E-state index contributed by atoms with van der Waals surface area (Å²) in [5, 5.41) is 8.72. The Labute approximate surface area is 147 Å². The zero-order valence-corrected chi connectivity index (χ0v) is 15.5. The molecule has 0 spiro atoms. The molecule has 24 heavy (non-hydrogen) atoms. The van der Waals surface area contributed by atoms with E-state index in [0.717, 1.165) is 51.6 Å². The van der Waals surface area contributed by atoms with Crippen LogP contribution >= 0.6 is 0 Å². The molecular formula is C19H36O5. The fourth-order valence-electron chi connectivity index (χ4n) is 3.20. The second kappa shape index (κ2) is 13.6. The van der Waals surface area contributed by atoms with Crippen LogP contribution in [0.2, 0.25) is 0 Å². The van der Waals surface area contributed by atoms with Crippen LogP contribution in [-0.4, -0.2) is 50.2 Å². The van der Waals surface area contributed by atoms with E-state index in [1.807, 2.05) is 0 Å². The van der Waals surface area contributed by atoms with Gasteiger partial charge in [-0.1, -0.05) is 26.2 Å². The molecule has 1 N–H and O–H groups in total. The molecule has 142 valence electrons. The van der Waals surface area contributed by atoms with Gasteiger partial charge in [-0.2, -0.15) is 0 Å². The van der Waals surface area contributed by atoms with Crippen LogP contribution in [0.3, 0.4) is 0 Å². The topological polar surface area (TPSA) is 65.0 Å². The molecule has 3 unspecified atom stereocenters. The molecular weight excluding hydrogens is 308 g/mol. The van der Waals surface area contributed by atoms with Gasteiger partial charge < -0.3 is 19.3 Å². The van der Waals surface area contributed by atoms with Crippen LogP contribution in [0.4, 0.5) is 0 Å². The SMILES string of the molecule is CCCCCOC1CCC(C(=O)OCCCCCCO)CC1OC. The van der Waals surface area contributed by atoms with Gasteiger partial charge in [-0.05, 0) is 44.9 Å². The van der Waals surface area contributed by atoms with Gasteiger partial charge in [0.1, 0.15) is 0 Å². The smallest absolute Gasteiger partial charge is 0.309 e. The van der Waals surface area contributed by atoms with Crippen molar-refractivity contribution in [3.63, 3.8) is 0 Å². The number of carbonyl (C=O) groups excluding carboxylic acids is 1. The Morgan fingerprint density at radius 2 is 1.75 bits per heavy atom. The molecule has 1 saturated carbocycles. The Morgan fingerprint density at radius 1 is 1.00 bits per heavy atom. The van der Waals surface area contributed by atoms with Crippen LogP contribution in [0.5, 0.6) is 0 Å². The van der Waals surface area contributed by atoms with Crippen LogP contribution in [0.1, 0.15) is 71.1 Å². The van der Waals surface area contributed by atoms with Gasteiger partial charge in [0.2, 0.25) is 0 Å². The fraction of sp³-hybridized carbons (Fsp3) is 0.947. The van der Waals surface area contributed by atoms with E-state index < -0.39 is 0 Å². The number of hydrogen-bond donors (Lipinski definition) is 1. The molecule has 0 amide bonds. The van der Waals surface area contributed by atoms with Crippen molar-refractivity contribution in [1.82, 2.24) is 0 Å². The van der Waals surface area contributed by atoms with E-state index in [0.29, 0.717) is 13.0 Å². The van der Waals surface area contributed by atoms with Crippen molar-refractivity contribution in [2.24, 2.45) is 5.92 Å². The Bertz CT molecular complexity index is 321. The van der Waals surface area contributed by atoms with Crippen molar-refractivity contribution in [1.29, 1.82) is 0 Å². The summed E-state index contributed by atoms with van der Waals surface area (Å²) >= 11 is 0. The third-order valence-corrected chi connectivity index (χ3v) is 4.74. The highest BCUT2D eigenvalue weighted by molar-refractivity contribution is 5.72. The molecule has 0 aromatic heterocycles. The molecule has 1 aliphatic carbocycles. The van der Waals surface area contributed by atoms with Gasteiger partial charge in [0.15, 0.2) is 0 Å². The van der Waals surface area contributed by atoms with E-state index in [4.69, 9.17) is 19.3 Å². The maximum Gasteiger partial charge on any atom is 0.309 e. The van der Waals surface area contributed by atoms with Gasteiger partial charge in [-0.25, -0.2) is 0 Å². The fourth-order valence-corrected chi connectivity index (χ4v) is 3.20. The number of hydrogen-bond acceptors (Lipinski definition) is 5. The summed E-state index contributed by atoms with van der Waals surface area (Å²) in [4.78, 5) is 12.2. The molecule has 3 atom stereocenters. The van der Waals surface area contributed by atoms with Crippen molar-refractivity contribution in [2.45, 2.75) is 83.3 Å². The van der Waals surface area contributed by atoms with Crippen molar-refractivity contribution < 1.29 is 24.1 Å². The number of rotatable bonds is 13. The first kappa shape index (κ1) is 21.4. The van der Waals surface area contributed by atoms with E-state index in [1.54, 1.807) is 7.11 Å². The molecule has 0 radical (unpaired) electrons. The normalized spacial score (nSPS) is 24.0. The third kappa shape index (κ3) is 8.45. The summed E-state index contributed by atoms with van der Waals surface area (Å²) in [6.45, 7) is 3.68. The van der Waals surface area contributed by atoms with E-state index in [1.165, 1.54) is 12.8 Å². The van der Waals surface area contributed by atoms with Crippen molar-refractivity contribution in [3.05, 3.63) is 0 Å². The molecule has 1 rings (SSSR count). The zero-order chi connectivity index (χ0) is 17.6. The highest BCUT2D eigenvalue weighted by atomic mass is 16.5. The highest BCUT2D eigenvalue weighted by Crippen LogP contribution is 2.29. The summed E-state index contributed by atoms with van der Waals surface area (Å²) in [7, 11) is 1.70. The van der Waals surface area contributed by atoms with Gasteiger partial charge in [0.25, 0.3) is 0 Å². The van der Waals surface area contributed by atoms with Gasteiger partial charge in [-0.3, -0.25) is 4.79 Å². The zero-order valence-electron chi connectivity index (χ0n) is 15.5. The highest BCUT2D eigenvalue weighted by Gasteiger charge is 2.35. The lowest BCUT2D eigenvalue weighted by molar-refractivity contribution is -0.155. The maximum atomic E-state index is 12.2. The quantitative estimate of drug-likeness (QED) is 0.409. The van der Waals surface area contributed by atoms with Crippen LogP contribution in [-0.2, 0) is 19.0 Å². The molecule has 5 nitrogen and oxygen atoms in total. The van der Waals surface area contributed by atoms with Crippen molar-refractivity contribution >= 4 is 5.97 Å². The molecule has 1 aliphatic rings. The number of carbonyl (C=O) groups is 1. The lowest BCUT2D eigenvalue weighted by atomic mass is 9.85. The maximum absolute atomic E-state index is 12.2. The van der Waals surface area contributed by atoms with Crippen LogP contribution in [0, 0.1) is 5.92 Å². The number of aliphatic hydroxyl groups excluding tert-OH is 1. The Balaban J connectivity index is 2.22. The number of esters is 1. The molecule has 0 bridgehead atoms. The number of methoxy groups -OCH3 is 1. The van der Waals surface area contributed by atoms with Crippen LogP contribution in [0.15, 0.2) is 0 Å². The van der Waals surface area contributed by atoms with E-state index in [-0.39, 0.29) is 30.7 Å². The largest absolute Gasteiger partial charge is 0.465 e. The predicted octanol–water partition coefficient (Wildman–Crippen LogP) is 3.47. The Hall–Kier alpha value is -0.650. The van der Waals surface area contributed by atoms with E-state index in [9.17, 15) is 4.79 Å². The van der Waals surface area contributed by atoms with E-state index >= 15 is 0 Å². The summed E-state index contributed by atoms with van der Waals surface area (Å²) in [6, 6.07) is 0. The lowest BCUT2D eigenvalue weighted by Gasteiger charge is -2.34. The first-order valence-corrected chi connectivity index (χ1v) is 9.64. The van der Waals surface area contributed by atoms with Gasteiger partial charge in [0.05, 0.1) is 24.7 Å². The summed E-state index contributed by atoms with van der Waals surface area (Å²) < 4.78 is 16.9. The van der Waals surface area contributed by atoms with Gasteiger partial charge in [0, 0.05) is 20.3 Å². The first-order chi connectivity index (χ1) is 11.7. The predicted molar refractivity (Wildman–Crippen MR) is 93.9 cm³/mol. The third-order valence-electron chi connectivity index (χ3n) is 4.74. The molecule has 0 aromatic carbocycles. The van der Waals surface area contributed by atoms with Crippen LogP contribution < -0.4 is 0 Å². The monoisotopic (exact) mass is 344 g/mol. The number of ether oxygens (including phenoxy) is 3. The van der Waals surface area contributed by atoms with Gasteiger partial charge in [-0.15, -0.1) is 0 Å². The summed E-state index contributed by atoms with van der Waals surface area (Å²) in [6.07, 6.45) is 9.62. The molecule has 0 aliphatic heterocycles. The van der Waals surface area contributed by atoms with Crippen molar-refractivity contribution in [2.75, 3.05) is 26.9 Å². The summed E-state index contributed by atoms with van der Waals surface area (Å²) in [5.74, 6) is -0.161. The summed E-state index contributed by atoms with van der Waals surface area (Å²) in [5.41, 5.74) is 0. The number of aliphatic hydroxyl groups is 1. The van der Waals surface area contributed by atoms with Crippen LogP contribution in [0.25, 0.3) is 0 Å². The molecule has 1 fully saturated rings. The Kier molecular flexibility index (Phi) is 12.1. The minimum atomic E-state index is -0.0939. The lowest BCUT2D eigenvalue weighted by Crippen LogP contribution is -2.40. The van der Waals surface area contributed by atoms with Gasteiger partial charge >= 0.3 is 5.97 Å². The van der Waals surface area contributed by atoms with E-state index in [2.05, 4.69) is 6.92 Å². The first-order valence-electron chi connectivity index (χ1n) is 9.64. The average molecular weight is 344 g/mol. The number of unbranched alkanes of at least 4 members (excludes halogenated alkanes) is 5.